The smallest absolute Gasteiger partial charge is 0.308 e. The van der Waals surface area contributed by atoms with E-state index in [1.165, 1.54) is 6.20 Å². The Labute approximate surface area is 151 Å². The van der Waals surface area contributed by atoms with Crippen molar-refractivity contribution in [1.29, 1.82) is 0 Å². The van der Waals surface area contributed by atoms with Gasteiger partial charge in [-0.15, -0.1) is 0 Å². The van der Waals surface area contributed by atoms with Gasteiger partial charge in [-0.25, -0.2) is 0 Å². The van der Waals surface area contributed by atoms with Gasteiger partial charge in [-0.3, -0.25) is 14.6 Å². The van der Waals surface area contributed by atoms with Gasteiger partial charge in [0.2, 0.25) is 0 Å². The van der Waals surface area contributed by atoms with Crippen molar-refractivity contribution in [2.75, 3.05) is 13.1 Å². The second-order valence-corrected chi connectivity index (χ2v) is 6.95. The number of hydrogen-bond acceptors (Lipinski definition) is 4. The number of pyridine rings is 1. The van der Waals surface area contributed by atoms with E-state index in [0.29, 0.717) is 24.0 Å². The number of aromatic nitrogens is 1. The number of carboxylic acids is 1. The molecule has 0 radical (unpaired) electrons. The number of amides is 1. The minimum Gasteiger partial charge on any atom is -0.481 e. The molecule has 2 heterocycles. The van der Waals surface area contributed by atoms with Gasteiger partial charge in [0.15, 0.2) is 0 Å². The zero-order valence-corrected chi connectivity index (χ0v) is 14.2. The SMILES string of the molecule is O=C(O)[C@H]1CN(C(=O)c2cc(Oc3ccccc3)ccn2)C[C@@H]1C1CC1. The van der Waals surface area contributed by atoms with Gasteiger partial charge in [-0.05, 0) is 42.9 Å². The fourth-order valence-electron chi connectivity index (χ4n) is 3.64. The Bertz CT molecular complexity index is 820. The molecule has 1 aliphatic carbocycles. The van der Waals surface area contributed by atoms with Crippen molar-refractivity contribution in [3.8, 4) is 11.5 Å². The van der Waals surface area contributed by atoms with Gasteiger partial charge < -0.3 is 14.7 Å². The van der Waals surface area contributed by atoms with Gasteiger partial charge in [0.25, 0.3) is 5.91 Å². The maximum atomic E-state index is 12.8. The monoisotopic (exact) mass is 352 g/mol. The second kappa shape index (κ2) is 6.78. The third-order valence-corrected chi connectivity index (χ3v) is 5.13. The summed E-state index contributed by atoms with van der Waals surface area (Å²) in [4.78, 5) is 30.1. The number of likely N-dealkylation sites (tertiary alicyclic amines) is 1. The summed E-state index contributed by atoms with van der Waals surface area (Å²) in [6.45, 7) is 0.743. The molecule has 1 N–H and O–H groups in total. The third-order valence-electron chi connectivity index (χ3n) is 5.13. The molecule has 4 rings (SSSR count). The zero-order valence-electron chi connectivity index (χ0n) is 14.2. The number of ether oxygens (including phenoxy) is 1. The van der Waals surface area contributed by atoms with Crippen LogP contribution >= 0.6 is 0 Å². The first-order valence-electron chi connectivity index (χ1n) is 8.83. The van der Waals surface area contributed by atoms with Crippen molar-refractivity contribution < 1.29 is 19.4 Å². The molecular weight excluding hydrogens is 332 g/mol. The van der Waals surface area contributed by atoms with Gasteiger partial charge in [0.1, 0.15) is 17.2 Å². The first-order chi connectivity index (χ1) is 12.6. The average Bonchev–Trinajstić information content (AvgIpc) is 3.40. The lowest BCUT2D eigenvalue weighted by atomic mass is 9.92. The molecule has 2 fully saturated rings. The highest BCUT2D eigenvalue weighted by molar-refractivity contribution is 5.93. The predicted molar refractivity (Wildman–Crippen MR) is 94.0 cm³/mol. The molecule has 2 aromatic rings. The van der Waals surface area contributed by atoms with E-state index in [1.807, 2.05) is 30.3 Å². The number of aliphatic carboxylic acids is 1. The lowest BCUT2D eigenvalue weighted by molar-refractivity contribution is -0.142. The molecule has 26 heavy (non-hydrogen) atoms. The molecule has 134 valence electrons. The summed E-state index contributed by atoms with van der Waals surface area (Å²) in [5, 5.41) is 9.47. The summed E-state index contributed by atoms with van der Waals surface area (Å²) >= 11 is 0. The molecule has 0 spiro atoms. The summed E-state index contributed by atoms with van der Waals surface area (Å²) in [6.07, 6.45) is 3.67. The quantitative estimate of drug-likeness (QED) is 0.895. The van der Waals surface area contributed by atoms with Crippen LogP contribution in [0.15, 0.2) is 48.7 Å². The molecule has 1 saturated carbocycles. The van der Waals surface area contributed by atoms with Gasteiger partial charge in [-0.1, -0.05) is 18.2 Å². The van der Waals surface area contributed by atoms with Gasteiger partial charge >= 0.3 is 5.97 Å². The number of carbonyl (C=O) groups excluding carboxylic acids is 1. The molecule has 6 heteroatoms. The molecule has 1 aromatic heterocycles. The number of nitrogens with zero attached hydrogens (tertiary/aromatic N) is 2. The van der Waals surface area contributed by atoms with Crippen LogP contribution < -0.4 is 4.74 Å². The topological polar surface area (TPSA) is 79.7 Å². The van der Waals surface area contributed by atoms with Crippen molar-refractivity contribution >= 4 is 11.9 Å². The van der Waals surface area contributed by atoms with E-state index in [1.54, 1.807) is 17.0 Å². The maximum Gasteiger partial charge on any atom is 0.308 e. The van der Waals surface area contributed by atoms with Crippen molar-refractivity contribution in [2.45, 2.75) is 12.8 Å². The Kier molecular flexibility index (Phi) is 4.32. The molecule has 1 saturated heterocycles. The van der Waals surface area contributed by atoms with Crippen LogP contribution in [0.5, 0.6) is 11.5 Å². The number of para-hydroxylation sites is 1. The average molecular weight is 352 g/mol. The second-order valence-electron chi connectivity index (χ2n) is 6.95. The Hall–Kier alpha value is -2.89. The Morgan fingerprint density at radius 3 is 2.54 bits per heavy atom. The van der Waals surface area contributed by atoms with Crippen LogP contribution in [0.2, 0.25) is 0 Å². The Morgan fingerprint density at radius 1 is 1.08 bits per heavy atom. The molecular formula is C20H20N2O4. The fraction of sp³-hybridized carbons (Fsp3) is 0.350. The molecule has 1 aliphatic heterocycles. The van der Waals surface area contributed by atoms with Crippen LogP contribution in [0.1, 0.15) is 23.3 Å². The van der Waals surface area contributed by atoms with Crippen LogP contribution in [0.4, 0.5) is 0 Å². The van der Waals surface area contributed by atoms with Gasteiger partial charge in [0, 0.05) is 25.4 Å². The van der Waals surface area contributed by atoms with E-state index in [4.69, 9.17) is 4.74 Å². The summed E-state index contributed by atoms with van der Waals surface area (Å²) in [6, 6.07) is 12.6. The number of carbonyl (C=O) groups is 2. The van der Waals surface area contributed by atoms with E-state index in [9.17, 15) is 14.7 Å². The highest BCUT2D eigenvalue weighted by Crippen LogP contribution is 2.44. The van der Waals surface area contributed by atoms with Crippen LogP contribution in [-0.4, -0.2) is 40.0 Å². The normalized spacial score (nSPS) is 22.2. The highest BCUT2D eigenvalue weighted by Gasteiger charge is 2.47. The molecule has 1 amide bonds. The van der Waals surface area contributed by atoms with Gasteiger partial charge in [0.05, 0.1) is 5.92 Å². The number of carboxylic acid groups (broad SMARTS) is 1. The Morgan fingerprint density at radius 2 is 1.85 bits per heavy atom. The summed E-state index contributed by atoms with van der Waals surface area (Å²) < 4.78 is 5.76. The van der Waals surface area contributed by atoms with Crippen LogP contribution in [0.25, 0.3) is 0 Å². The van der Waals surface area contributed by atoms with E-state index >= 15 is 0 Å². The van der Waals surface area contributed by atoms with E-state index in [0.717, 1.165) is 12.8 Å². The van der Waals surface area contributed by atoms with Crippen molar-refractivity contribution in [1.82, 2.24) is 9.88 Å². The van der Waals surface area contributed by atoms with Crippen molar-refractivity contribution in [2.24, 2.45) is 17.8 Å². The van der Waals surface area contributed by atoms with Crippen molar-refractivity contribution in [3.63, 3.8) is 0 Å². The number of rotatable bonds is 5. The lowest BCUT2D eigenvalue weighted by Crippen LogP contribution is -2.30. The third kappa shape index (κ3) is 3.40. The zero-order chi connectivity index (χ0) is 18.1. The summed E-state index contributed by atoms with van der Waals surface area (Å²) in [5.74, 6) is 0.175. The van der Waals surface area contributed by atoms with E-state index in [-0.39, 0.29) is 24.1 Å². The van der Waals surface area contributed by atoms with Crippen LogP contribution in [-0.2, 0) is 4.79 Å². The maximum absolute atomic E-state index is 12.8. The number of benzene rings is 1. The minimum atomic E-state index is -0.814. The van der Waals surface area contributed by atoms with E-state index in [2.05, 4.69) is 4.98 Å². The number of hydrogen-bond donors (Lipinski definition) is 1. The highest BCUT2D eigenvalue weighted by atomic mass is 16.5. The largest absolute Gasteiger partial charge is 0.481 e. The Balaban J connectivity index is 1.49. The van der Waals surface area contributed by atoms with Crippen LogP contribution in [0.3, 0.4) is 0 Å². The lowest BCUT2D eigenvalue weighted by Gasteiger charge is -2.16. The summed E-state index contributed by atoms with van der Waals surface area (Å²) in [5.41, 5.74) is 0.277. The molecule has 6 nitrogen and oxygen atoms in total. The van der Waals surface area contributed by atoms with Crippen LogP contribution in [0, 0.1) is 17.8 Å². The first-order valence-corrected chi connectivity index (χ1v) is 8.83. The fourth-order valence-corrected chi connectivity index (χ4v) is 3.64. The van der Waals surface area contributed by atoms with Gasteiger partial charge in [-0.2, -0.15) is 0 Å². The van der Waals surface area contributed by atoms with E-state index < -0.39 is 11.9 Å². The molecule has 0 unspecified atom stereocenters. The predicted octanol–water partition coefficient (Wildman–Crippen LogP) is 3.06. The first kappa shape index (κ1) is 16.6. The molecule has 2 atom stereocenters. The standard InChI is InChI=1S/C20H20N2O4/c23-19(22-11-16(13-6-7-13)17(12-22)20(24)25)18-10-15(8-9-21-18)26-14-4-2-1-3-5-14/h1-5,8-10,13,16-17H,6-7,11-12H2,(H,24,25)/t16-,17+/m1/s1. The molecule has 0 bridgehead atoms. The molecule has 2 aliphatic rings. The minimum absolute atomic E-state index is 0.0557. The summed E-state index contributed by atoms with van der Waals surface area (Å²) in [7, 11) is 0. The van der Waals surface area contributed by atoms with Crippen molar-refractivity contribution in [3.05, 3.63) is 54.4 Å². The molecule has 1 aromatic carbocycles.